The summed E-state index contributed by atoms with van der Waals surface area (Å²) in [4.78, 5) is 4.25. The fraction of sp³-hybridized carbons (Fsp3) is 0.588. The van der Waals surface area contributed by atoms with Crippen LogP contribution in [0.1, 0.15) is 24.0 Å². The SMILES string of the molecule is CN=C(NCCCOC1CCOC1)NCc1ccc(Br)cc1C. The summed E-state index contributed by atoms with van der Waals surface area (Å²) < 4.78 is 12.1. The second kappa shape index (κ2) is 9.90. The van der Waals surface area contributed by atoms with Gasteiger partial charge in [0.05, 0.1) is 12.7 Å². The Morgan fingerprint density at radius 1 is 1.43 bits per heavy atom. The van der Waals surface area contributed by atoms with E-state index in [9.17, 15) is 0 Å². The Bertz CT molecular complexity index is 517. The van der Waals surface area contributed by atoms with Crippen LogP contribution in [0.2, 0.25) is 0 Å². The molecule has 1 aliphatic heterocycles. The molecule has 1 heterocycles. The second-order valence-electron chi connectivity index (χ2n) is 5.63. The van der Waals surface area contributed by atoms with Gasteiger partial charge in [-0.1, -0.05) is 22.0 Å². The molecule has 1 aliphatic rings. The molecule has 1 saturated heterocycles. The molecule has 0 bridgehead atoms. The molecule has 128 valence electrons. The van der Waals surface area contributed by atoms with E-state index < -0.39 is 0 Å². The molecule has 1 atom stereocenters. The van der Waals surface area contributed by atoms with E-state index in [0.717, 1.165) is 56.2 Å². The average molecular weight is 384 g/mol. The highest BCUT2D eigenvalue weighted by atomic mass is 79.9. The summed E-state index contributed by atoms with van der Waals surface area (Å²) in [6.45, 7) is 6.03. The van der Waals surface area contributed by atoms with Crippen LogP contribution in [0.4, 0.5) is 0 Å². The molecule has 1 aromatic rings. The van der Waals surface area contributed by atoms with Crippen LogP contribution in [-0.4, -0.2) is 45.5 Å². The quantitative estimate of drug-likeness (QED) is 0.431. The van der Waals surface area contributed by atoms with Gasteiger partial charge >= 0.3 is 0 Å². The van der Waals surface area contributed by atoms with Crippen LogP contribution in [-0.2, 0) is 16.0 Å². The number of aliphatic imine (C=N–C) groups is 1. The van der Waals surface area contributed by atoms with E-state index in [1.165, 1.54) is 11.1 Å². The molecule has 6 heteroatoms. The van der Waals surface area contributed by atoms with Crippen molar-refractivity contribution in [1.82, 2.24) is 10.6 Å². The first kappa shape index (κ1) is 18.2. The number of hydrogen-bond acceptors (Lipinski definition) is 3. The van der Waals surface area contributed by atoms with Crippen LogP contribution in [0.15, 0.2) is 27.7 Å². The number of nitrogens with zero attached hydrogens (tertiary/aromatic N) is 1. The highest BCUT2D eigenvalue weighted by molar-refractivity contribution is 9.10. The van der Waals surface area contributed by atoms with Crippen molar-refractivity contribution in [2.24, 2.45) is 4.99 Å². The Morgan fingerprint density at radius 2 is 2.30 bits per heavy atom. The monoisotopic (exact) mass is 383 g/mol. The molecule has 0 saturated carbocycles. The summed E-state index contributed by atoms with van der Waals surface area (Å²) in [5.74, 6) is 0.816. The summed E-state index contributed by atoms with van der Waals surface area (Å²) in [6.07, 6.45) is 2.25. The number of guanidine groups is 1. The zero-order valence-corrected chi connectivity index (χ0v) is 15.5. The summed E-state index contributed by atoms with van der Waals surface area (Å²) in [5.41, 5.74) is 2.52. The minimum Gasteiger partial charge on any atom is -0.379 e. The normalized spacial score (nSPS) is 18.2. The highest BCUT2D eigenvalue weighted by Gasteiger charge is 2.15. The van der Waals surface area contributed by atoms with Gasteiger partial charge in [0.15, 0.2) is 5.96 Å². The molecule has 0 aliphatic carbocycles. The van der Waals surface area contributed by atoms with E-state index in [-0.39, 0.29) is 6.10 Å². The van der Waals surface area contributed by atoms with Crippen molar-refractivity contribution in [3.63, 3.8) is 0 Å². The molecule has 0 amide bonds. The zero-order chi connectivity index (χ0) is 16.5. The van der Waals surface area contributed by atoms with Gasteiger partial charge in [0.2, 0.25) is 0 Å². The van der Waals surface area contributed by atoms with Crippen molar-refractivity contribution in [3.05, 3.63) is 33.8 Å². The number of benzene rings is 1. The first-order valence-electron chi connectivity index (χ1n) is 8.08. The van der Waals surface area contributed by atoms with Gasteiger partial charge in [-0.15, -0.1) is 0 Å². The van der Waals surface area contributed by atoms with Crippen LogP contribution >= 0.6 is 15.9 Å². The lowest BCUT2D eigenvalue weighted by molar-refractivity contribution is 0.0420. The largest absolute Gasteiger partial charge is 0.379 e. The summed E-state index contributed by atoms with van der Waals surface area (Å²) in [7, 11) is 1.79. The third-order valence-corrected chi connectivity index (χ3v) is 4.32. The molecule has 0 aromatic heterocycles. The van der Waals surface area contributed by atoms with Crippen LogP contribution < -0.4 is 10.6 Å². The molecule has 5 nitrogen and oxygen atoms in total. The molecule has 1 fully saturated rings. The molecule has 0 radical (unpaired) electrons. The van der Waals surface area contributed by atoms with Gasteiger partial charge in [-0.25, -0.2) is 0 Å². The molecular weight excluding hydrogens is 358 g/mol. The number of aryl methyl sites for hydroxylation is 1. The van der Waals surface area contributed by atoms with Crippen LogP contribution in [0.25, 0.3) is 0 Å². The van der Waals surface area contributed by atoms with E-state index in [0.29, 0.717) is 0 Å². The first-order chi connectivity index (χ1) is 11.2. The Morgan fingerprint density at radius 3 is 3.00 bits per heavy atom. The average Bonchev–Trinajstić information content (AvgIpc) is 3.05. The molecule has 23 heavy (non-hydrogen) atoms. The van der Waals surface area contributed by atoms with E-state index in [1.54, 1.807) is 7.05 Å². The maximum atomic E-state index is 5.74. The Balaban J connectivity index is 1.63. The van der Waals surface area contributed by atoms with Crippen molar-refractivity contribution >= 4 is 21.9 Å². The van der Waals surface area contributed by atoms with Gasteiger partial charge in [0, 0.05) is 37.8 Å². The van der Waals surface area contributed by atoms with Crippen molar-refractivity contribution < 1.29 is 9.47 Å². The van der Waals surface area contributed by atoms with E-state index >= 15 is 0 Å². The molecular formula is C17H26BrN3O2. The fourth-order valence-corrected chi connectivity index (χ4v) is 2.91. The third kappa shape index (κ3) is 6.49. The number of rotatable bonds is 7. The molecule has 1 aromatic carbocycles. The minimum absolute atomic E-state index is 0.285. The van der Waals surface area contributed by atoms with Gasteiger partial charge in [-0.05, 0) is 43.0 Å². The maximum absolute atomic E-state index is 5.74. The van der Waals surface area contributed by atoms with E-state index in [2.05, 4.69) is 56.7 Å². The van der Waals surface area contributed by atoms with Gasteiger partial charge in [0.25, 0.3) is 0 Å². The van der Waals surface area contributed by atoms with Crippen LogP contribution in [0.3, 0.4) is 0 Å². The lowest BCUT2D eigenvalue weighted by Crippen LogP contribution is -2.37. The number of ether oxygens (including phenoxy) is 2. The lowest BCUT2D eigenvalue weighted by atomic mass is 10.1. The predicted molar refractivity (Wildman–Crippen MR) is 96.9 cm³/mol. The zero-order valence-electron chi connectivity index (χ0n) is 13.9. The number of hydrogen-bond donors (Lipinski definition) is 2. The Hall–Kier alpha value is -1.11. The van der Waals surface area contributed by atoms with Crippen molar-refractivity contribution in [3.8, 4) is 0 Å². The molecule has 2 rings (SSSR count). The third-order valence-electron chi connectivity index (χ3n) is 3.83. The second-order valence-corrected chi connectivity index (χ2v) is 6.55. The Labute approximate surface area is 147 Å². The van der Waals surface area contributed by atoms with Gasteiger partial charge in [0.1, 0.15) is 0 Å². The standard InChI is InChI=1S/C17H26BrN3O2/c1-13-10-15(18)5-4-14(13)11-21-17(19-2)20-7-3-8-23-16-6-9-22-12-16/h4-5,10,16H,3,6-9,11-12H2,1-2H3,(H2,19,20,21). The van der Waals surface area contributed by atoms with Gasteiger partial charge in [-0.2, -0.15) is 0 Å². The van der Waals surface area contributed by atoms with E-state index in [1.807, 2.05) is 0 Å². The molecule has 1 unspecified atom stereocenters. The molecule has 2 N–H and O–H groups in total. The fourth-order valence-electron chi connectivity index (χ4n) is 2.43. The topological polar surface area (TPSA) is 54.9 Å². The predicted octanol–water partition coefficient (Wildman–Crippen LogP) is 2.62. The smallest absolute Gasteiger partial charge is 0.191 e. The summed E-state index contributed by atoms with van der Waals surface area (Å²) in [5, 5.41) is 6.66. The van der Waals surface area contributed by atoms with Crippen molar-refractivity contribution in [2.75, 3.05) is 33.4 Å². The number of halogens is 1. The Kier molecular flexibility index (Phi) is 7.85. The lowest BCUT2D eigenvalue weighted by Gasteiger charge is -2.14. The molecule has 0 spiro atoms. The summed E-state index contributed by atoms with van der Waals surface area (Å²) >= 11 is 3.49. The van der Waals surface area contributed by atoms with Crippen molar-refractivity contribution in [2.45, 2.75) is 32.4 Å². The van der Waals surface area contributed by atoms with Gasteiger partial charge < -0.3 is 20.1 Å². The van der Waals surface area contributed by atoms with Crippen LogP contribution in [0, 0.1) is 6.92 Å². The van der Waals surface area contributed by atoms with E-state index in [4.69, 9.17) is 9.47 Å². The van der Waals surface area contributed by atoms with Crippen molar-refractivity contribution in [1.29, 1.82) is 0 Å². The number of nitrogens with one attached hydrogen (secondary N) is 2. The summed E-state index contributed by atoms with van der Waals surface area (Å²) in [6, 6.07) is 6.30. The maximum Gasteiger partial charge on any atom is 0.191 e. The van der Waals surface area contributed by atoms with Crippen LogP contribution in [0.5, 0.6) is 0 Å². The minimum atomic E-state index is 0.285. The highest BCUT2D eigenvalue weighted by Crippen LogP contribution is 2.15. The van der Waals surface area contributed by atoms with Gasteiger partial charge in [-0.3, -0.25) is 4.99 Å². The first-order valence-corrected chi connectivity index (χ1v) is 8.87.